The molecule has 8 nitrogen and oxygen atoms in total. The van der Waals surface area contributed by atoms with E-state index >= 15 is 0 Å². The predicted molar refractivity (Wildman–Crippen MR) is 122 cm³/mol. The highest BCUT2D eigenvalue weighted by atomic mass is 35.5. The Morgan fingerprint density at radius 3 is 2.59 bits per heavy atom. The molecule has 0 saturated carbocycles. The summed E-state index contributed by atoms with van der Waals surface area (Å²) in [5.41, 5.74) is -1.12. The van der Waals surface area contributed by atoms with Crippen molar-refractivity contribution >= 4 is 29.4 Å². The van der Waals surface area contributed by atoms with Crippen LogP contribution in [0.5, 0.6) is 5.75 Å². The third-order valence-electron chi connectivity index (χ3n) is 5.98. The van der Waals surface area contributed by atoms with Crippen molar-refractivity contribution in [2.45, 2.75) is 50.3 Å². The molecule has 2 aromatic carbocycles. The standard InChI is InChI=1S/C24H26ClFN2O6/c1-13-9-17(14(2)19(29)10-13)22(31)27-21-18(25)12-28(24(21,34)23(32)33)20(30)8-4-6-15-5-3-7-16(26)11-15/h3,5,7,9-11,18,21,29,34H,4,6,8,12H2,1-2H3,(H,27,31)(H,32,33)/t18?,21?,24-/m1/s1. The van der Waals surface area contributed by atoms with Crippen LogP contribution in [-0.2, 0) is 16.0 Å². The topological polar surface area (TPSA) is 127 Å². The first-order valence-electron chi connectivity index (χ1n) is 10.7. The number of nitrogens with zero attached hydrogens (tertiary/aromatic N) is 1. The van der Waals surface area contributed by atoms with Crippen molar-refractivity contribution in [1.82, 2.24) is 10.2 Å². The average molecular weight is 493 g/mol. The molecule has 0 radical (unpaired) electrons. The number of halogens is 2. The molecule has 1 aliphatic heterocycles. The summed E-state index contributed by atoms with van der Waals surface area (Å²) in [5.74, 6) is -3.64. The van der Waals surface area contributed by atoms with E-state index in [2.05, 4.69) is 5.32 Å². The van der Waals surface area contributed by atoms with Crippen molar-refractivity contribution in [2.24, 2.45) is 0 Å². The number of rotatable bonds is 7. The van der Waals surface area contributed by atoms with Gasteiger partial charge in [-0.1, -0.05) is 12.1 Å². The molecule has 182 valence electrons. The average Bonchev–Trinajstić information content (AvgIpc) is 3.02. The predicted octanol–water partition coefficient (Wildman–Crippen LogP) is 2.49. The van der Waals surface area contributed by atoms with Crippen LogP contribution in [0.3, 0.4) is 0 Å². The number of aromatic hydroxyl groups is 1. The van der Waals surface area contributed by atoms with Gasteiger partial charge in [-0.15, -0.1) is 11.6 Å². The summed E-state index contributed by atoms with van der Waals surface area (Å²) in [6.07, 6.45) is 0.560. The lowest BCUT2D eigenvalue weighted by Crippen LogP contribution is -2.63. The number of hydrogen-bond acceptors (Lipinski definition) is 5. The molecule has 3 rings (SSSR count). The van der Waals surface area contributed by atoms with E-state index in [4.69, 9.17) is 11.6 Å². The number of amides is 2. The van der Waals surface area contributed by atoms with E-state index < -0.39 is 40.7 Å². The summed E-state index contributed by atoms with van der Waals surface area (Å²) in [7, 11) is 0. The van der Waals surface area contributed by atoms with Crippen LogP contribution in [0.2, 0.25) is 0 Å². The fourth-order valence-electron chi connectivity index (χ4n) is 4.14. The first kappa shape index (κ1) is 25.5. The SMILES string of the molecule is Cc1cc(O)c(C)c(C(=O)NC2C(Cl)CN(C(=O)CCCc3cccc(F)c3)[C@]2(O)C(=O)O)c1. The van der Waals surface area contributed by atoms with Crippen molar-refractivity contribution in [1.29, 1.82) is 0 Å². The van der Waals surface area contributed by atoms with Gasteiger partial charge >= 0.3 is 5.97 Å². The Morgan fingerprint density at radius 2 is 1.94 bits per heavy atom. The summed E-state index contributed by atoms with van der Waals surface area (Å²) in [4.78, 5) is 38.6. The van der Waals surface area contributed by atoms with Gasteiger partial charge < -0.3 is 25.5 Å². The molecular formula is C24H26ClFN2O6. The minimum Gasteiger partial charge on any atom is -0.508 e. The minimum absolute atomic E-state index is 0.0916. The zero-order valence-corrected chi connectivity index (χ0v) is 19.5. The Balaban J connectivity index is 1.76. The molecule has 0 bridgehead atoms. The van der Waals surface area contributed by atoms with E-state index in [1.807, 2.05) is 0 Å². The van der Waals surface area contributed by atoms with Gasteiger partial charge in [0.25, 0.3) is 11.6 Å². The number of phenolic OH excluding ortho intramolecular Hbond substituents is 1. The monoisotopic (exact) mass is 492 g/mol. The van der Waals surface area contributed by atoms with Crippen molar-refractivity contribution < 1.29 is 34.1 Å². The van der Waals surface area contributed by atoms with Gasteiger partial charge in [0.05, 0.1) is 5.38 Å². The number of phenols is 1. The Hall–Kier alpha value is -3.17. The van der Waals surface area contributed by atoms with E-state index in [1.54, 1.807) is 19.1 Å². The van der Waals surface area contributed by atoms with Gasteiger partial charge in [-0.05, 0) is 62.1 Å². The second-order valence-corrected chi connectivity index (χ2v) is 9.00. The molecule has 0 aromatic heterocycles. The number of aryl methyl sites for hydroxylation is 2. The van der Waals surface area contributed by atoms with E-state index in [9.17, 15) is 34.1 Å². The van der Waals surface area contributed by atoms with Crippen molar-refractivity contribution in [3.8, 4) is 5.75 Å². The molecule has 0 spiro atoms. The molecule has 3 atom stereocenters. The molecule has 1 heterocycles. The summed E-state index contributed by atoms with van der Waals surface area (Å²) < 4.78 is 13.3. The molecule has 2 aromatic rings. The van der Waals surface area contributed by atoms with Crippen LogP contribution in [-0.4, -0.2) is 61.7 Å². The number of benzene rings is 2. The van der Waals surface area contributed by atoms with Crippen molar-refractivity contribution in [3.05, 3.63) is 64.5 Å². The minimum atomic E-state index is -2.77. The highest BCUT2D eigenvalue weighted by molar-refractivity contribution is 6.22. The molecule has 1 fully saturated rings. The fourth-order valence-corrected chi connectivity index (χ4v) is 4.51. The van der Waals surface area contributed by atoms with Crippen LogP contribution >= 0.6 is 11.6 Å². The number of aliphatic carboxylic acids is 1. The summed E-state index contributed by atoms with van der Waals surface area (Å²) in [6, 6.07) is 7.40. The highest BCUT2D eigenvalue weighted by Gasteiger charge is 2.60. The lowest BCUT2D eigenvalue weighted by Gasteiger charge is -2.34. The maximum Gasteiger partial charge on any atom is 0.359 e. The fraction of sp³-hybridized carbons (Fsp3) is 0.375. The maximum atomic E-state index is 13.3. The van der Waals surface area contributed by atoms with Crippen LogP contribution < -0.4 is 5.32 Å². The molecule has 2 amide bonds. The summed E-state index contributed by atoms with van der Waals surface area (Å²) in [6.45, 7) is 2.90. The molecule has 4 N–H and O–H groups in total. The van der Waals surface area contributed by atoms with Crippen molar-refractivity contribution in [2.75, 3.05) is 6.54 Å². The first-order chi connectivity index (χ1) is 15.9. The van der Waals surface area contributed by atoms with E-state index in [0.29, 0.717) is 24.0 Å². The highest BCUT2D eigenvalue weighted by Crippen LogP contribution is 2.33. The van der Waals surface area contributed by atoms with Crippen molar-refractivity contribution in [3.63, 3.8) is 0 Å². The zero-order valence-electron chi connectivity index (χ0n) is 18.7. The lowest BCUT2D eigenvalue weighted by atomic mass is 10.0. The Kier molecular flexibility index (Phi) is 7.48. The molecule has 1 aliphatic rings. The van der Waals surface area contributed by atoms with Gasteiger partial charge in [0.1, 0.15) is 17.6 Å². The smallest absolute Gasteiger partial charge is 0.359 e. The number of carboxylic acids is 1. The van der Waals surface area contributed by atoms with Crippen LogP contribution in [0.25, 0.3) is 0 Å². The number of alkyl halides is 1. The quantitative estimate of drug-likeness (QED) is 0.440. The number of carbonyl (C=O) groups excluding carboxylic acids is 2. The number of hydrogen-bond donors (Lipinski definition) is 4. The van der Waals surface area contributed by atoms with E-state index in [-0.39, 0.29) is 29.8 Å². The lowest BCUT2D eigenvalue weighted by molar-refractivity contribution is -0.185. The molecule has 34 heavy (non-hydrogen) atoms. The number of carbonyl (C=O) groups is 3. The number of carboxylic acid groups (broad SMARTS) is 1. The third kappa shape index (κ3) is 5.00. The Labute approximate surface area is 201 Å². The molecule has 2 unspecified atom stereocenters. The Bertz CT molecular complexity index is 1130. The number of nitrogens with one attached hydrogen (secondary N) is 1. The number of aliphatic hydroxyl groups is 1. The first-order valence-corrected chi connectivity index (χ1v) is 11.1. The van der Waals surface area contributed by atoms with Gasteiger partial charge in [-0.25, -0.2) is 9.18 Å². The summed E-state index contributed by atoms with van der Waals surface area (Å²) in [5, 5.41) is 32.2. The molecular weight excluding hydrogens is 467 g/mol. The van der Waals surface area contributed by atoms with Crippen LogP contribution in [0.4, 0.5) is 4.39 Å². The van der Waals surface area contributed by atoms with E-state index in [0.717, 1.165) is 4.90 Å². The second kappa shape index (κ2) is 9.99. The van der Waals surface area contributed by atoms with Gasteiger partial charge in [0, 0.05) is 24.1 Å². The van der Waals surface area contributed by atoms with Crippen LogP contribution in [0, 0.1) is 19.7 Å². The van der Waals surface area contributed by atoms with Gasteiger partial charge in [-0.3, -0.25) is 9.59 Å². The molecule has 1 saturated heterocycles. The molecule has 10 heteroatoms. The van der Waals surface area contributed by atoms with Gasteiger partial charge in [0.2, 0.25) is 5.91 Å². The van der Waals surface area contributed by atoms with E-state index in [1.165, 1.54) is 31.2 Å². The van der Waals surface area contributed by atoms with Crippen LogP contribution in [0.1, 0.15) is 39.9 Å². The second-order valence-electron chi connectivity index (χ2n) is 8.44. The Morgan fingerprint density at radius 1 is 1.24 bits per heavy atom. The normalized spacial score (nSPS) is 22.0. The number of likely N-dealkylation sites (tertiary alicyclic amines) is 1. The maximum absolute atomic E-state index is 13.3. The van der Waals surface area contributed by atoms with Crippen LogP contribution in [0.15, 0.2) is 36.4 Å². The molecule has 0 aliphatic carbocycles. The largest absolute Gasteiger partial charge is 0.508 e. The zero-order chi connectivity index (χ0) is 25.2. The summed E-state index contributed by atoms with van der Waals surface area (Å²) >= 11 is 6.30. The van der Waals surface area contributed by atoms with Gasteiger partial charge in [0.15, 0.2) is 0 Å². The third-order valence-corrected chi connectivity index (χ3v) is 6.37. The van der Waals surface area contributed by atoms with Gasteiger partial charge in [-0.2, -0.15) is 0 Å².